The molecule has 1 aliphatic carbocycles. The van der Waals surface area contributed by atoms with Crippen LogP contribution in [0.5, 0.6) is 0 Å². The molecule has 0 radical (unpaired) electrons. The van der Waals surface area contributed by atoms with Gasteiger partial charge in [0.05, 0.1) is 5.60 Å². The van der Waals surface area contributed by atoms with E-state index in [9.17, 15) is 0 Å². The van der Waals surface area contributed by atoms with Gasteiger partial charge in [-0.25, -0.2) is 0 Å². The van der Waals surface area contributed by atoms with Gasteiger partial charge in [-0.1, -0.05) is 46.5 Å². The highest BCUT2D eigenvalue weighted by molar-refractivity contribution is 4.95. The molecule has 0 bridgehead atoms. The second-order valence-corrected chi connectivity index (χ2v) is 5.69. The fourth-order valence-electron chi connectivity index (χ4n) is 3.14. The summed E-state index contributed by atoms with van der Waals surface area (Å²) in [5.74, 6) is 0.785. The van der Waals surface area contributed by atoms with E-state index in [2.05, 4.69) is 26.1 Å². The zero-order valence-corrected chi connectivity index (χ0v) is 12.2. The second kappa shape index (κ2) is 7.38. The predicted octanol–water partition coefficient (Wildman–Crippen LogP) is 3.75. The van der Waals surface area contributed by atoms with Crippen LogP contribution >= 0.6 is 0 Å². The summed E-state index contributed by atoms with van der Waals surface area (Å²) in [5, 5.41) is 3.68. The first kappa shape index (κ1) is 15.0. The normalized spacial score (nSPS) is 23.3. The third-order valence-electron chi connectivity index (χ3n) is 4.53. The van der Waals surface area contributed by atoms with Crippen LogP contribution in [0, 0.1) is 5.92 Å². The summed E-state index contributed by atoms with van der Waals surface area (Å²) in [7, 11) is 1.91. The summed E-state index contributed by atoms with van der Waals surface area (Å²) >= 11 is 0. The largest absolute Gasteiger partial charge is 0.377 e. The predicted molar refractivity (Wildman–Crippen MR) is 74.4 cm³/mol. The molecule has 1 saturated carbocycles. The summed E-state index contributed by atoms with van der Waals surface area (Å²) in [4.78, 5) is 0. The summed E-state index contributed by atoms with van der Waals surface area (Å²) in [6, 6.07) is 0.535. The van der Waals surface area contributed by atoms with Gasteiger partial charge in [-0.3, -0.25) is 0 Å². The highest BCUT2D eigenvalue weighted by Gasteiger charge is 2.39. The van der Waals surface area contributed by atoms with E-state index in [4.69, 9.17) is 4.74 Å². The topological polar surface area (TPSA) is 21.3 Å². The van der Waals surface area contributed by atoms with Crippen LogP contribution in [-0.4, -0.2) is 25.3 Å². The summed E-state index contributed by atoms with van der Waals surface area (Å²) in [5.41, 5.74) is 0.109. The fraction of sp³-hybridized carbons (Fsp3) is 1.00. The number of rotatable bonds is 7. The third kappa shape index (κ3) is 3.96. The van der Waals surface area contributed by atoms with Crippen LogP contribution in [0.1, 0.15) is 65.7 Å². The van der Waals surface area contributed by atoms with Crippen molar-refractivity contribution in [3.63, 3.8) is 0 Å². The van der Waals surface area contributed by atoms with E-state index in [0.717, 1.165) is 12.5 Å². The Balaban J connectivity index is 2.70. The maximum Gasteiger partial charge on any atom is 0.0831 e. The zero-order chi connectivity index (χ0) is 12.7. The van der Waals surface area contributed by atoms with Crippen molar-refractivity contribution in [2.45, 2.75) is 77.4 Å². The van der Waals surface area contributed by atoms with Crippen LogP contribution in [0.3, 0.4) is 0 Å². The minimum atomic E-state index is 0.109. The van der Waals surface area contributed by atoms with Gasteiger partial charge < -0.3 is 10.1 Å². The van der Waals surface area contributed by atoms with Crippen LogP contribution in [0.4, 0.5) is 0 Å². The zero-order valence-electron chi connectivity index (χ0n) is 12.2. The average molecular weight is 241 g/mol. The van der Waals surface area contributed by atoms with Gasteiger partial charge in [0, 0.05) is 13.2 Å². The molecule has 2 nitrogen and oxygen atoms in total. The van der Waals surface area contributed by atoms with Crippen molar-refractivity contribution < 1.29 is 4.74 Å². The molecule has 0 spiro atoms. The standard InChI is InChI=1S/C15H31NO/c1-5-13(3)12-14(16-6-2)15(17-4)10-8-7-9-11-15/h13-14,16H,5-12H2,1-4H3. The lowest BCUT2D eigenvalue weighted by Crippen LogP contribution is -2.53. The van der Waals surface area contributed by atoms with E-state index in [1.165, 1.54) is 44.9 Å². The van der Waals surface area contributed by atoms with Gasteiger partial charge in [0.1, 0.15) is 0 Å². The Hall–Kier alpha value is -0.0800. The SMILES string of the molecule is CCNC(CC(C)CC)C1(OC)CCCCC1. The van der Waals surface area contributed by atoms with Crippen molar-refractivity contribution in [3.8, 4) is 0 Å². The van der Waals surface area contributed by atoms with Crippen molar-refractivity contribution >= 4 is 0 Å². The van der Waals surface area contributed by atoms with E-state index >= 15 is 0 Å². The number of methoxy groups -OCH3 is 1. The minimum absolute atomic E-state index is 0.109. The Morgan fingerprint density at radius 1 is 1.18 bits per heavy atom. The lowest BCUT2D eigenvalue weighted by Gasteiger charge is -2.43. The Bertz CT molecular complexity index is 199. The summed E-state index contributed by atoms with van der Waals surface area (Å²) in [6.45, 7) is 7.90. The summed E-state index contributed by atoms with van der Waals surface area (Å²) in [6.07, 6.45) is 9.02. The molecule has 17 heavy (non-hydrogen) atoms. The van der Waals surface area contributed by atoms with Crippen molar-refractivity contribution in [2.24, 2.45) is 5.92 Å². The molecule has 0 heterocycles. The van der Waals surface area contributed by atoms with Crippen molar-refractivity contribution in [1.82, 2.24) is 5.32 Å². The van der Waals surface area contributed by atoms with Gasteiger partial charge in [0.25, 0.3) is 0 Å². The molecule has 2 atom stereocenters. The maximum absolute atomic E-state index is 5.98. The smallest absolute Gasteiger partial charge is 0.0831 e. The molecule has 2 heteroatoms. The highest BCUT2D eigenvalue weighted by atomic mass is 16.5. The number of hydrogen-bond donors (Lipinski definition) is 1. The molecule has 102 valence electrons. The van der Waals surface area contributed by atoms with Crippen molar-refractivity contribution in [3.05, 3.63) is 0 Å². The number of nitrogens with one attached hydrogen (secondary N) is 1. The number of likely N-dealkylation sites (N-methyl/N-ethyl adjacent to an activating group) is 1. The van der Waals surface area contributed by atoms with Crippen molar-refractivity contribution in [2.75, 3.05) is 13.7 Å². The molecule has 1 aliphatic rings. The number of ether oxygens (including phenoxy) is 1. The molecule has 1 fully saturated rings. The van der Waals surface area contributed by atoms with Crippen LogP contribution in [0.25, 0.3) is 0 Å². The molecule has 0 aromatic heterocycles. The Labute approximate surface area is 108 Å². The Kier molecular flexibility index (Phi) is 6.50. The average Bonchev–Trinajstić information content (AvgIpc) is 2.38. The monoisotopic (exact) mass is 241 g/mol. The summed E-state index contributed by atoms with van der Waals surface area (Å²) < 4.78 is 5.98. The molecular weight excluding hydrogens is 210 g/mol. The van der Waals surface area contributed by atoms with Gasteiger partial charge in [-0.2, -0.15) is 0 Å². The lowest BCUT2D eigenvalue weighted by molar-refractivity contribution is -0.0718. The van der Waals surface area contributed by atoms with E-state index < -0.39 is 0 Å². The first-order valence-electron chi connectivity index (χ1n) is 7.47. The van der Waals surface area contributed by atoms with Crippen molar-refractivity contribution in [1.29, 1.82) is 0 Å². The first-order valence-corrected chi connectivity index (χ1v) is 7.47. The quantitative estimate of drug-likeness (QED) is 0.733. The van der Waals surface area contributed by atoms with Crippen LogP contribution < -0.4 is 5.32 Å². The minimum Gasteiger partial charge on any atom is -0.377 e. The van der Waals surface area contributed by atoms with E-state index in [1.807, 2.05) is 7.11 Å². The van der Waals surface area contributed by atoms with Gasteiger partial charge in [-0.05, 0) is 31.7 Å². The molecule has 0 aromatic rings. The van der Waals surface area contributed by atoms with Crippen LogP contribution in [-0.2, 0) is 4.74 Å². The Morgan fingerprint density at radius 2 is 1.82 bits per heavy atom. The van der Waals surface area contributed by atoms with Gasteiger partial charge in [-0.15, -0.1) is 0 Å². The van der Waals surface area contributed by atoms with E-state index in [1.54, 1.807) is 0 Å². The molecule has 0 amide bonds. The molecule has 0 saturated heterocycles. The molecule has 0 aliphatic heterocycles. The van der Waals surface area contributed by atoms with Gasteiger partial charge in [0.2, 0.25) is 0 Å². The molecule has 1 rings (SSSR count). The molecule has 1 N–H and O–H groups in total. The fourth-order valence-corrected chi connectivity index (χ4v) is 3.14. The molecule has 0 aromatic carbocycles. The Morgan fingerprint density at radius 3 is 2.29 bits per heavy atom. The lowest BCUT2D eigenvalue weighted by atomic mass is 9.76. The van der Waals surface area contributed by atoms with Gasteiger partial charge in [0.15, 0.2) is 0 Å². The van der Waals surface area contributed by atoms with E-state index in [0.29, 0.717) is 6.04 Å². The van der Waals surface area contributed by atoms with E-state index in [-0.39, 0.29) is 5.60 Å². The molecule has 2 unspecified atom stereocenters. The van der Waals surface area contributed by atoms with Crippen LogP contribution in [0.2, 0.25) is 0 Å². The highest BCUT2D eigenvalue weighted by Crippen LogP contribution is 2.36. The van der Waals surface area contributed by atoms with Crippen LogP contribution in [0.15, 0.2) is 0 Å². The molecular formula is C15H31NO. The van der Waals surface area contributed by atoms with Gasteiger partial charge >= 0.3 is 0 Å². The second-order valence-electron chi connectivity index (χ2n) is 5.69. The number of hydrogen-bond acceptors (Lipinski definition) is 2. The maximum atomic E-state index is 5.98. The first-order chi connectivity index (χ1) is 8.18. The third-order valence-corrected chi connectivity index (χ3v) is 4.53.